The van der Waals surface area contributed by atoms with E-state index in [1.807, 2.05) is 6.07 Å². The lowest BCUT2D eigenvalue weighted by atomic mass is 10.0. The molecular weight excluding hydrogens is 208 g/mol. The van der Waals surface area contributed by atoms with Gasteiger partial charge < -0.3 is 5.11 Å². The molecule has 6 heteroatoms. The van der Waals surface area contributed by atoms with Crippen molar-refractivity contribution < 1.29 is 9.90 Å². The summed E-state index contributed by atoms with van der Waals surface area (Å²) in [7, 11) is 0. The van der Waals surface area contributed by atoms with Gasteiger partial charge in [-0.25, -0.2) is 4.68 Å². The summed E-state index contributed by atoms with van der Waals surface area (Å²) >= 11 is 0. The molecule has 1 aromatic carbocycles. The fraction of sp³-hybridized carbons (Fsp3) is 0.200. The number of rotatable bonds is 3. The molecule has 1 aromatic heterocycles. The van der Waals surface area contributed by atoms with E-state index in [-0.39, 0.29) is 0 Å². The summed E-state index contributed by atoms with van der Waals surface area (Å²) in [5, 5.41) is 19.7. The summed E-state index contributed by atoms with van der Waals surface area (Å²) in [6.07, 6.45) is 1.46. The third-order valence-corrected chi connectivity index (χ3v) is 2.35. The lowest BCUT2D eigenvalue weighted by Gasteiger charge is -2.07. The van der Waals surface area contributed by atoms with Gasteiger partial charge in [0.2, 0.25) is 0 Å². The Morgan fingerprint density at radius 2 is 2.31 bits per heavy atom. The van der Waals surface area contributed by atoms with Crippen LogP contribution < -0.4 is 0 Å². The van der Waals surface area contributed by atoms with E-state index in [1.54, 1.807) is 25.1 Å². The Morgan fingerprint density at radius 3 is 2.94 bits per heavy atom. The summed E-state index contributed by atoms with van der Waals surface area (Å²) in [6, 6.07) is 7.13. The molecule has 0 aliphatic rings. The van der Waals surface area contributed by atoms with Crippen LogP contribution >= 0.6 is 0 Å². The number of hydrogen-bond donors (Lipinski definition) is 1. The van der Waals surface area contributed by atoms with Gasteiger partial charge in [0.25, 0.3) is 0 Å². The molecule has 6 nitrogen and oxygen atoms in total. The van der Waals surface area contributed by atoms with Gasteiger partial charge in [-0.3, -0.25) is 4.79 Å². The molecule has 0 saturated carbocycles. The Kier molecular flexibility index (Phi) is 2.63. The van der Waals surface area contributed by atoms with Crippen molar-refractivity contribution in [2.45, 2.75) is 12.8 Å². The zero-order valence-corrected chi connectivity index (χ0v) is 8.61. The van der Waals surface area contributed by atoms with E-state index in [0.29, 0.717) is 0 Å². The SMILES string of the molecule is CC(C(=O)O)c1cccc(-n2cnnn2)c1. The van der Waals surface area contributed by atoms with E-state index in [4.69, 9.17) is 5.11 Å². The van der Waals surface area contributed by atoms with E-state index in [9.17, 15) is 4.79 Å². The minimum atomic E-state index is -0.853. The lowest BCUT2D eigenvalue weighted by molar-refractivity contribution is -0.138. The third kappa shape index (κ3) is 1.90. The molecule has 0 radical (unpaired) electrons. The highest BCUT2D eigenvalue weighted by Crippen LogP contribution is 2.18. The number of benzene rings is 1. The summed E-state index contributed by atoms with van der Waals surface area (Å²) in [4.78, 5) is 10.9. The Morgan fingerprint density at radius 1 is 1.50 bits per heavy atom. The molecule has 2 aromatic rings. The van der Waals surface area contributed by atoms with Crippen LogP contribution in [0.2, 0.25) is 0 Å². The molecule has 0 aliphatic carbocycles. The number of carboxylic acids is 1. The first kappa shape index (κ1) is 10.3. The fourth-order valence-electron chi connectivity index (χ4n) is 1.36. The molecule has 0 amide bonds. The first-order valence-corrected chi connectivity index (χ1v) is 4.74. The maximum absolute atomic E-state index is 10.9. The number of carbonyl (C=O) groups is 1. The second-order valence-corrected chi connectivity index (χ2v) is 3.41. The minimum Gasteiger partial charge on any atom is -0.481 e. The second kappa shape index (κ2) is 4.09. The van der Waals surface area contributed by atoms with Crippen molar-refractivity contribution in [1.29, 1.82) is 0 Å². The minimum absolute atomic E-state index is 0.545. The predicted molar refractivity (Wildman–Crippen MR) is 55.2 cm³/mol. The number of aromatic nitrogens is 4. The maximum atomic E-state index is 10.9. The quantitative estimate of drug-likeness (QED) is 0.825. The van der Waals surface area contributed by atoms with Crippen LogP contribution in [0.5, 0.6) is 0 Å². The van der Waals surface area contributed by atoms with Crippen molar-refractivity contribution in [3.63, 3.8) is 0 Å². The second-order valence-electron chi connectivity index (χ2n) is 3.41. The Balaban J connectivity index is 2.37. The van der Waals surface area contributed by atoms with Crippen LogP contribution in [0.25, 0.3) is 5.69 Å². The number of nitrogens with zero attached hydrogens (tertiary/aromatic N) is 4. The smallest absolute Gasteiger partial charge is 0.310 e. The topological polar surface area (TPSA) is 80.9 Å². The van der Waals surface area contributed by atoms with Crippen LogP contribution in [0, 0.1) is 0 Å². The van der Waals surface area contributed by atoms with Gasteiger partial charge in [-0.05, 0) is 35.0 Å². The van der Waals surface area contributed by atoms with Gasteiger partial charge in [0, 0.05) is 0 Å². The number of hydrogen-bond acceptors (Lipinski definition) is 4. The first-order valence-electron chi connectivity index (χ1n) is 4.74. The first-order chi connectivity index (χ1) is 7.68. The van der Waals surface area contributed by atoms with Crippen molar-refractivity contribution >= 4 is 5.97 Å². The van der Waals surface area contributed by atoms with Crippen LogP contribution in [0.1, 0.15) is 18.4 Å². The highest BCUT2D eigenvalue weighted by atomic mass is 16.4. The summed E-state index contributed by atoms with van der Waals surface area (Å²) in [5.74, 6) is -1.40. The molecule has 2 rings (SSSR count). The summed E-state index contributed by atoms with van der Waals surface area (Å²) in [6.45, 7) is 1.64. The number of aliphatic carboxylic acids is 1. The predicted octanol–water partition coefficient (Wildman–Crippen LogP) is 0.850. The zero-order valence-electron chi connectivity index (χ0n) is 8.61. The molecule has 0 bridgehead atoms. The average molecular weight is 218 g/mol. The van der Waals surface area contributed by atoms with Crippen molar-refractivity contribution in [1.82, 2.24) is 20.2 Å². The van der Waals surface area contributed by atoms with Crippen LogP contribution in [0.4, 0.5) is 0 Å². The zero-order chi connectivity index (χ0) is 11.5. The van der Waals surface area contributed by atoms with Crippen LogP contribution in [-0.2, 0) is 4.79 Å². The van der Waals surface area contributed by atoms with Gasteiger partial charge in [-0.2, -0.15) is 0 Å². The molecule has 0 saturated heterocycles. The molecule has 82 valence electrons. The standard InChI is InChI=1S/C10H10N4O2/c1-7(10(15)16)8-3-2-4-9(5-8)14-6-11-12-13-14/h2-7H,1H3,(H,15,16). The van der Waals surface area contributed by atoms with Crippen molar-refractivity contribution in [2.24, 2.45) is 0 Å². The monoisotopic (exact) mass is 218 g/mol. The average Bonchev–Trinajstić information content (AvgIpc) is 2.81. The van der Waals surface area contributed by atoms with Crippen LogP contribution in [-0.4, -0.2) is 31.3 Å². The third-order valence-electron chi connectivity index (χ3n) is 2.35. The molecule has 1 atom stereocenters. The van der Waals surface area contributed by atoms with Crippen molar-refractivity contribution in [3.05, 3.63) is 36.2 Å². The molecule has 1 N–H and O–H groups in total. The Labute approximate surface area is 91.5 Å². The fourth-order valence-corrected chi connectivity index (χ4v) is 1.36. The molecule has 1 unspecified atom stereocenters. The van der Waals surface area contributed by atoms with Gasteiger partial charge in [0.05, 0.1) is 11.6 Å². The molecule has 1 heterocycles. The Bertz CT molecular complexity index is 495. The lowest BCUT2D eigenvalue weighted by Crippen LogP contribution is -2.08. The van der Waals surface area contributed by atoms with Gasteiger partial charge in [0.15, 0.2) is 0 Å². The van der Waals surface area contributed by atoms with Crippen LogP contribution in [0.15, 0.2) is 30.6 Å². The molecule has 0 fully saturated rings. The van der Waals surface area contributed by atoms with Crippen molar-refractivity contribution in [2.75, 3.05) is 0 Å². The number of carboxylic acid groups (broad SMARTS) is 1. The highest BCUT2D eigenvalue weighted by Gasteiger charge is 2.14. The molecule has 16 heavy (non-hydrogen) atoms. The van der Waals surface area contributed by atoms with E-state index in [0.717, 1.165) is 11.3 Å². The van der Waals surface area contributed by atoms with Gasteiger partial charge in [-0.15, -0.1) is 5.10 Å². The van der Waals surface area contributed by atoms with E-state index in [2.05, 4.69) is 15.5 Å². The normalized spacial score (nSPS) is 12.3. The maximum Gasteiger partial charge on any atom is 0.310 e. The largest absolute Gasteiger partial charge is 0.481 e. The summed E-state index contributed by atoms with van der Waals surface area (Å²) < 4.78 is 1.48. The van der Waals surface area contributed by atoms with Gasteiger partial charge >= 0.3 is 5.97 Å². The van der Waals surface area contributed by atoms with E-state index < -0.39 is 11.9 Å². The van der Waals surface area contributed by atoms with E-state index >= 15 is 0 Å². The van der Waals surface area contributed by atoms with Crippen molar-refractivity contribution in [3.8, 4) is 5.69 Å². The molecule has 0 spiro atoms. The van der Waals surface area contributed by atoms with Gasteiger partial charge in [0.1, 0.15) is 6.33 Å². The molecule has 0 aliphatic heterocycles. The Hall–Kier alpha value is -2.24. The highest BCUT2D eigenvalue weighted by molar-refractivity contribution is 5.75. The van der Waals surface area contributed by atoms with Gasteiger partial charge in [-0.1, -0.05) is 12.1 Å². The summed E-state index contributed by atoms with van der Waals surface area (Å²) in [5.41, 5.74) is 1.47. The number of tetrazole rings is 1. The van der Waals surface area contributed by atoms with Crippen LogP contribution in [0.3, 0.4) is 0 Å². The van der Waals surface area contributed by atoms with E-state index in [1.165, 1.54) is 11.0 Å². The molecular formula is C10H10N4O2.